The van der Waals surface area contributed by atoms with Gasteiger partial charge in [-0.25, -0.2) is 0 Å². The van der Waals surface area contributed by atoms with Crippen molar-refractivity contribution in [1.29, 1.82) is 0 Å². The van der Waals surface area contributed by atoms with E-state index in [-0.39, 0.29) is 5.91 Å². The van der Waals surface area contributed by atoms with Crippen LogP contribution in [0.5, 0.6) is 5.75 Å². The zero-order valence-electron chi connectivity index (χ0n) is 15.2. The number of nitrogens with one attached hydrogen (secondary N) is 1. The van der Waals surface area contributed by atoms with Crippen LogP contribution in [-0.4, -0.2) is 65.8 Å². The van der Waals surface area contributed by atoms with E-state index in [0.717, 1.165) is 31.1 Å². The Morgan fingerprint density at radius 3 is 2.81 bits per heavy atom. The van der Waals surface area contributed by atoms with Gasteiger partial charge in [-0.2, -0.15) is 10.1 Å². The molecule has 1 aliphatic heterocycles. The SMILES string of the molecule is COc1cccc(CCNc2nncc(N3CCN(C(C)=O)CC3)n2)c1. The molecule has 2 aromatic rings. The molecule has 0 aliphatic carbocycles. The molecule has 0 saturated carbocycles. The summed E-state index contributed by atoms with van der Waals surface area (Å²) in [5.41, 5.74) is 1.18. The van der Waals surface area contributed by atoms with Gasteiger partial charge in [0.1, 0.15) is 5.75 Å². The van der Waals surface area contributed by atoms with Crippen LogP contribution in [0.2, 0.25) is 0 Å². The molecule has 1 fully saturated rings. The second-order valence-electron chi connectivity index (χ2n) is 6.16. The summed E-state index contributed by atoms with van der Waals surface area (Å²) in [5.74, 6) is 2.27. The molecule has 26 heavy (non-hydrogen) atoms. The number of ether oxygens (including phenoxy) is 1. The molecule has 2 heterocycles. The number of rotatable bonds is 6. The highest BCUT2D eigenvalue weighted by Gasteiger charge is 2.20. The molecule has 1 N–H and O–H groups in total. The third-order valence-electron chi connectivity index (χ3n) is 4.43. The Hall–Kier alpha value is -2.90. The Bertz CT molecular complexity index is 746. The first-order valence-electron chi connectivity index (χ1n) is 8.72. The molecular formula is C18H24N6O2. The zero-order valence-corrected chi connectivity index (χ0v) is 15.2. The fourth-order valence-electron chi connectivity index (χ4n) is 2.92. The highest BCUT2D eigenvalue weighted by molar-refractivity contribution is 5.73. The maximum absolute atomic E-state index is 11.4. The van der Waals surface area contributed by atoms with Crippen LogP contribution < -0.4 is 15.0 Å². The number of carbonyl (C=O) groups excluding carboxylic acids is 1. The van der Waals surface area contributed by atoms with E-state index in [0.29, 0.717) is 25.6 Å². The molecule has 1 aromatic carbocycles. The van der Waals surface area contributed by atoms with Crippen LogP contribution in [0.3, 0.4) is 0 Å². The molecule has 0 spiro atoms. The van der Waals surface area contributed by atoms with E-state index >= 15 is 0 Å². The number of piperazine rings is 1. The van der Waals surface area contributed by atoms with Crippen molar-refractivity contribution in [1.82, 2.24) is 20.1 Å². The summed E-state index contributed by atoms with van der Waals surface area (Å²) in [6.07, 6.45) is 2.50. The Balaban J connectivity index is 1.53. The Kier molecular flexibility index (Phi) is 5.83. The Labute approximate surface area is 153 Å². The number of methoxy groups -OCH3 is 1. The van der Waals surface area contributed by atoms with Crippen molar-refractivity contribution >= 4 is 17.7 Å². The number of hydrogen-bond donors (Lipinski definition) is 1. The smallest absolute Gasteiger partial charge is 0.244 e. The number of anilines is 2. The standard InChI is InChI=1S/C18H24N6O2/c1-14(25)23-8-10-24(11-9-23)17-13-20-22-18(21-17)19-7-6-15-4-3-5-16(12-15)26-2/h3-5,12-13H,6-11H2,1-2H3,(H,19,21,22). The van der Waals surface area contributed by atoms with Crippen LogP contribution >= 0.6 is 0 Å². The number of amides is 1. The fourth-order valence-corrected chi connectivity index (χ4v) is 2.92. The molecule has 0 bridgehead atoms. The number of nitrogens with zero attached hydrogens (tertiary/aromatic N) is 5. The highest BCUT2D eigenvalue weighted by Crippen LogP contribution is 2.15. The minimum absolute atomic E-state index is 0.116. The first-order valence-corrected chi connectivity index (χ1v) is 8.72. The number of aromatic nitrogens is 3. The van der Waals surface area contributed by atoms with E-state index in [9.17, 15) is 4.79 Å². The van der Waals surface area contributed by atoms with Crippen LogP contribution in [-0.2, 0) is 11.2 Å². The molecular weight excluding hydrogens is 332 g/mol. The third kappa shape index (κ3) is 4.59. The molecule has 1 aromatic heterocycles. The fraction of sp³-hybridized carbons (Fsp3) is 0.444. The highest BCUT2D eigenvalue weighted by atomic mass is 16.5. The lowest BCUT2D eigenvalue weighted by atomic mass is 10.1. The maximum atomic E-state index is 11.4. The average molecular weight is 356 g/mol. The average Bonchev–Trinajstić information content (AvgIpc) is 2.68. The minimum atomic E-state index is 0.116. The summed E-state index contributed by atoms with van der Waals surface area (Å²) < 4.78 is 5.24. The molecule has 1 amide bonds. The van der Waals surface area contributed by atoms with Gasteiger partial charge in [0, 0.05) is 39.6 Å². The van der Waals surface area contributed by atoms with Gasteiger partial charge in [-0.15, -0.1) is 5.10 Å². The quantitative estimate of drug-likeness (QED) is 0.833. The van der Waals surface area contributed by atoms with E-state index in [1.807, 2.05) is 23.1 Å². The van der Waals surface area contributed by atoms with Gasteiger partial charge in [-0.3, -0.25) is 4.79 Å². The monoisotopic (exact) mass is 356 g/mol. The third-order valence-corrected chi connectivity index (χ3v) is 4.43. The molecule has 138 valence electrons. The lowest BCUT2D eigenvalue weighted by Crippen LogP contribution is -2.48. The Morgan fingerprint density at radius 2 is 2.08 bits per heavy atom. The van der Waals surface area contributed by atoms with Crippen molar-refractivity contribution in [3.05, 3.63) is 36.0 Å². The molecule has 1 saturated heterocycles. The predicted octanol–water partition coefficient (Wildman–Crippen LogP) is 1.20. The largest absolute Gasteiger partial charge is 0.497 e. The zero-order chi connectivity index (χ0) is 18.4. The summed E-state index contributed by atoms with van der Waals surface area (Å²) >= 11 is 0. The van der Waals surface area contributed by atoms with Gasteiger partial charge >= 0.3 is 0 Å². The summed E-state index contributed by atoms with van der Waals surface area (Å²) in [5, 5.41) is 11.3. The summed E-state index contributed by atoms with van der Waals surface area (Å²) in [6, 6.07) is 7.99. The van der Waals surface area contributed by atoms with Gasteiger partial charge in [-0.05, 0) is 24.1 Å². The van der Waals surface area contributed by atoms with Crippen molar-refractivity contribution in [3.63, 3.8) is 0 Å². The van der Waals surface area contributed by atoms with Crippen molar-refractivity contribution in [2.24, 2.45) is 0 Å². The molecule has 1 aliphatic rings. The van der Waals surface area contributed by atoms with Gasteiger partial charge < -0.3 is 19.9 Å². The molecule has 8 heteroatoms. The van der Waals surface area contributed by atoms with Crippen molar-refractivity contribution < 1.29 is 9.53 Å². The van der Waals surface area contributed by atoms with Gasteiger partial charge in [0.25, 0.3) is 0 Å². The molecule has 0 atom stereocenters. The Morgan fingerprint density at radius 1 is 1.27 bits per heavy atom. The van der Waals surface area contributed by atoms with E-state index in [1.54, 1.807) is 20.2 Å². The number of benzene rings is 1. The normalized spacial score (nSPS) is 14.2. The topological polar surface area (TPSA) is 83.5 Å². The lowest BCUT2D eigenvalue weighted by Gasteiger charge is -2.34. The van der Waals surface area contributed by atoms with Gasteiger partial charge in [-0.1, -0.05) is 12.1 Å². The second kappa shape index (κ2) is 8.46. The van der Waals surface area contributed by atoms with Crippen LogP contribution in [0.25, 0.3) is 0 Å². The molecule has 0 radical (unpaired) electrons. The molecule has 8 nitrogen and oxygen atoms in total. The summed E-state index contributed by atoms with van der Waals surface area (Å²) in [6.45, 7) is 5.22. The minimum Gasteiger partial charge on any atom is -0.497 e. The van der Waals surface area contributed by atoms with E-state index in [2.05, 4.69) is 31.5 Å². The summed E-state index contributed by atoms with van der Waals surface area (Å²) in [4.78, 5) is 19.9. The van der Waals surface area contributed by atoms with E-state index in [1.165, 1.54) is 5.56 Å². The van der Waals surface area contributed by atoms with E-state index in [4.69, 9.17) is 4.74 Å². The summed E-state index contributed by atoms with van der Waals surface area (Å²) in [7, 11) is 1.67. The number of hydrogen-bond acceptors (Lipinski definition) is 7. The maximum Gasteiger partial charge on any atom is 0.244 e. The number of carbonyl (C=O) groups is 1. The molecule has 3 rings (SSSR count). The first kappa shape index (κ1) is 17.9. The van der Waals surface area contributed by atoms with Gasteiger partial charge in [0.2, 0.25) is 11.9 Å². The molecule has 0 unspecified atom stereocenters. The van der Waals surface area contributed by atoms with Crippen LogP contribution in [0, 0.1) is 0 Å². The van der Waals surface area contributed by atoms with Gasteiger partial charge in [0.15, 0.2) is 5.82 Å². The van der Waals surface area contributed by atoms with Crippen LogP contribution in [0.4, 0.5) is 11.8 Å². The van der Waals surface area contributed by atoms with Crippen LogP contribution in [0.15, 0.2) is 30.5 Å². The van der Waals surface area contributed by atoms with Gasteiger partial charge in [0.05, 0.1) is 13.3 Å². The van der Waals surface area contributed by atoms with Crippen LogP contribution in [0.1, 0.15) is 12.5 Å². The first-order chi connectivity index (χ1) is 12.7. The second-order valence-corrected chi connectivity index (χ2v) is 6.16. The van der Waals surface area contributed by atoms with Crippen molar-refractivity contribution in [2.75, 3.05) is 50.1 Å². The lowest BCUT2D eigenvalue weighted by molar-refractivity contribution is -0.129. The predicted molar refractivity (Wildman–Crippen MR) is 99.5 cm³/mol. The van der Waals surface area contributed by atoms with Crippen molar-refractivity contribution in [2.45, 2.75) is 13.3 Å². The van der Waals surface area contributed by atoms with Crippen molar-refractivity contribution in [3.8, 4) is 5.75 Å². The van der Waals surface area contributed by atoms with E-state index < -0.39 is 0 Å².